The van der Waals surface area contributed by atoms with E-state index < -0.39 is 5.91 Å². The van der Waals surface area contributed by atoms with Crippen molar-refractivity contribution in [1.82, 2.24) is 10.3 Å². The summed E-state index contributed by atoms with van der Waals surface area (Å²) in [5.41, 5.74) is 1.98. The first-order chi connectivity index (χ1) is 12.5. The van der Waals surface area contributed by atoms with Crippen LogP contribution >= 0.6 is 11.6 Å². The summed E-state index contributed by atoms with van der Waals surface area (Å²) in [6.07, 6.45) is 2.95. The van der Waals surface area contributed by atoms with Crippen molar-refractivity contribution in [1.29, 1.82) is 0 Å². The molecule has 2 aromatic heterocycles. The molecule has 2 amide bonds. The average molecular weight is 370 g/mol. The van der Waals surface area contributed by atoms with Crippen molar-refractivity contribution in [3.63, 3.8) is 0 Å². The Balaban J connectivity index is 1.69. The van der Waals surface area contributed by atoms with Gasteiger partial charge in [0.1, 0.15) is 11.5 Å². The number of nitrogens with one attached hydrogen (secondary N) is 2. The van der Waals surface area contributed by atoms with Crippen LogP contribution in [0.4, 0.5) is 5.69 Å². The highest BCUT2D eigenvalue weighted by atomic mass is 35.5. The first kappa shape index (κ1) is 17.7. The quantitative estimate of drug-likeness (QED) is 0.716. The molecule has 0 fully saturated rings. The lowest BCUT2D eigenvalue weighted by Crippen LogP contribution is -2.24. The lowest BCUT2D eigenvalue weighted by Gasteiger charge is -2.09. The monoisotopic (exact) mass is 369 g/mol. The van der Waals surface area contributed by atoms with E-state index in [0.717, 1.165) is 5.56 Å². The zero-order chi connectivity index (χ0) is 18.5. The molecular formula is C19H16ClN3O3. The van der Waals surface area contributed by atoms with Crippen LogP contribution in [0.2, 0.25) is 5.02 Å². The molecular weight excluding hydrogens is 354 g/mol. The average Bonchev–Trinajstić information content (AvgIpc) is 3.15. The van der Waals surface area contributed by atoms with Crippen molar-refractivity contribution in [3.8, 4) is 0 Å². The number of nitrogens with zero attached hydrogens (tertiary/aromatic N) is 1. The second-order valence-electron chi connectivity index (χ2n) is 5.61. The van der Waals surface area contributed by atoms with Gasteiger partial charge in [-0.05, 0) is 55.0 Å². The summed E-state index contributed by atoms with van der Waals surface area (Å²) in [7, 11) is 0. The highest BCUT2D eigenvalue weighted by Gasteiger charge is 2.13. The molecule has 26 heavy (non-hydrogen) atoms. The lowest BCUT2D eigenvalue weighted by molar-refractivity contribution is 0.0943. The Hall–Kier alpha value is -3.12. The van der Waals surface area contributed by atoms with Gasteiger partial charge in [-0.1, -0.05) is 11.6 Å². The number of carbonyl (C=O) groups is 2. The molecule has 0 aliphatic heterocycles. The van der Waals surface area contributed by atoms with Crippen molar-refractivity contribution in [2.24, 2.45) is 0 Å². The minimum Gasteiger partial charge on any atom is -0.467 e. The Bertz CT molecular complexity index is 939. The molecule has 2 heterocycles. The fourth-order valence-corrected chi connectivity index (χ4v) is 2.56. The van der Waals surface area contributed by atoms with Gasteiger partial charge in [0.15, 0.2) is 0 Å². The molecule has 0 saturated carbocycles. The third-order valence-electron chi connectivity index (χ3n) is 3.69. The number of pyridine rings is 1. The van der Waals surface area contributed by atoms with Gasteiger partial charge in [-0.2, -0.15) is 0 Å². The summed E-state index contributed by atoms with van der Waals surface area (Å²) in [6, 6.07) is 11.7. The third-order valence-corrected chi connectivity index (χ3v) is 3.93. The summed E-state index contributed by atoms with van der Waals surface area (Å²) in [5, 5.41) is 6.09. The SMILES string of the molecule is Cc1cc(Cl)ccc1NC(=O)c1ccnc(C(=O)NCc2ccco2)c1. The van der Waals surface area contributed by atoms with Crippen LogP contribution in [0.5, 0.6) is 0 Å². The van der Waals surface area contributed by atoms with Crippen LogP contribution in [-0.4, -0.2) is 16.8 Å². The molecule has 7 heteroatoms. The first-order valence-corrected chi connectivity index (χ1v) is 8.25. The van der Waals surface area contributed by atoms with Gasteiger partial charge in [0.25, 0.3) is 11.8 Å². The van der Waals surface area contributed by atoms with Crippen LogP contribution < -0.4 is 10.6 Å². The van der Waals surface area contributed by atoms with Gasteiger partial charge < -0.3 is 15.1 Å². The molecule has 0 bridgehead atoms. The maximum Gasteiger partial charge on any atom is 0.270 e. The van der Waals surface area contributed by atoms with Gasteiger partial charge in [-0.3, -0.25) is 14.6 Å². The smallest absolute Gasteiger partial charge is 0.270 e. The van der Waals surface area contributed by atoms with Gasteiger partial charge in [0.2, 0.25) is 0 Å². The molecule has 0 atom stereocenters. The molecule has 0 unspecified atom stereocenters. The highest BCUT2D eigenvalue weighted by Crippen LogP contribution is 2.20. The molecule has 0 saturated heterocycles. The maximum absolute atomic E-state index is 12.5. The van der Waals surface area contributed by atoms with Crippen molar-refractivity contribution in [3.05, 3.63) is 82.5 Å². The van der Waals surface area contributed by atoms with E-state index in [0.29, 0.717) is 22.0 Å². The Labute approximate surface area is 155 Å². The highest BCUT2D eigenvalue weighted by molar-refractivity contribution is 6.30. The number of furan rings is 1. The molecule has 3 aromatic rings. The minimum absolute atomic E-state index is 0.150. The number of rotatable bonds is 5. The van der Waals surface area contributed by atoms with Crippen molar-refractivity contribution >= 4 is 29.1 Å². The summed E-state index contributed by atoms with van der Waals surface area (Å²) in [5.74, 6) is -0.0953. The molecule has 3 rings (SSSR count). The fourth-order valence-electron chi connectivity index (χ4n) is 2.33. The number of anilines is 1. The van der Waals surface area contributed by atoms with E-state index in [1.54, 1.807) is 36.4 Å². The second kappa shape index (κ2) is 7.84. The predicted octanol–water partition coefficient (Wildman–Crippen LogP) is 3.82. The van der Waals surface area contributed by atoms with Gasteiger partial charge in [-0.15, -0.1) is 0 Å². The van der Waals surface area contributed by atoms with E-state index in [2.05, 4.69) is 15.6 Å². The van der Waals surface area contributed by atoms with E-state index >= 15 is 0 Å². The van der Waals surface area contributed by atoms with Crippen LogP contribution in [-0.2, 0) is 6.54 Å². The van der Waals surface area contributed by atoms with E-state index in [4.69, 9.17) is 16.0 Å². The molecule has 0 radical (unpaired) electrons. The van der Waals surface area contributed by atoms with Crippen molar-refractivity contribution in [2.75, 3.05) is 5.32 Å². The van der Waals surface area contributed by atoms with Gasteiger partial charge in [0.05, 0.1) is 12.8 Å². The van der Waals surface area contributed by atoms with Crippen molar-refractivity contribution in [2.45, 2.75) is 13.5 Å². The fraction of sp³-hybridized carbons (Fsp3) is 0.105. The molecule has 0 spiro atoms. The number of hydrogen-bond acceptors (Lipinski definition) is 4. The van der Waals surface area contributed by atoms with Crippen LogP contribution in [0.25, 0.3) is 0 Å². The topological polar surface area (TPSA) is 84.2 Å². The Morgan fingerprint density at radius 1 is 1.15 bits per heavy atom. The number of benzene rings is 1. The molecule has 6 nitrogen and oxygen atoms in total. The maximum atomic E-state index is 12.5. The Morgan fingerprint density at radius 2 is 2.00 bits per heavy atom. The second-order valence-corrected chi connectivity index (χ2v) is 6.04. The molecule has 132 valence electrons. The normalized spacial score (nSPS) is 10.4. The number of hydrogen-bond donors (Lipinski definition) is 2. The van der Waals surface area contributed by atoms with Crippen LogP contribution in [0.1, 0.15) is 32.2 Å². The third kappa shape index (κ3) is 4.29. The molecule has 0 aliphatic rings. The Kier molecular flexibility index (Phi) is 5.34. The molecule has 2 N–H and O–H groups in total. The van der Waals surface area contributed by atoms with Crippen LogP contribution in [0.3, 0.4) is 0 Å². The van der Waals surface area contributed by atoms with Crippen molar-refractivity contribution < 1.29 is 14.0 Å². The summed E-state index contributed by atoms with van der Waals surface area (Å²) in [4.78, 5) is 28.7. The first-order valence-electron chi connectivity index (χ1n) is 7.87. The van der Waals surface area contributed by atoms with Crippen LogP contribution in [0, 0.1) is 6.92 Å². The summed E-state index contributed by atoms with van der Waals surface area (Å²) >= 11 is 5.92. The van der Waals surface area contributed by atoms with E-state index in [1.807, 2.05) is 6.92 Å². The van der Waals surface area contributed by atoms with Gasteiger partial charge >= 0.3 is 0 Å². The number of aryl methyl sites for hydroxylation is 1. The summed E-state index contributed by atoms with van der Waals surface area (Å²) in [6.45, 7) is 2.09. The molecule has 1 aromatic carbocycles. The lowest BCUT2D eigenvalue weighted by atomic mass is 10.1. The van der Waals surface area contributed by atoms with E-state index in [1.165, 1.54) is 18.5 Å². The number of halogens is 1. The number of amides is 2. The standard InChI is InChI=1S/C19H16ClN3O3/c1-12-9-14(20)4-5-16(12)23-18(24)13-6-7-21-17(10-13)19(25)22-11-15-3-2-8-26-15/h2-10H,11H2,1H3,(H,22,25)(H,23,24). The zero-order valence-electron chi connectivity index (χ0n) is 14.0. The largest absolute Gasteiger partial charge is 0.467 e. The zero-order valence-corrected chi connectivity index (χ0v) is 14.7. The minimum atomic E-state index is -0.390. The van der Waals surface area contributed by atoms with E-state index in [9.17, 15) is 9.59 Å². The van der Waals surface area contributed by atoms with E-state index in [-0.39, 0.29) is 18.1 Å². The van der Waals surface area contributed by atoms with Gasteiger partial charge in [-0.25, -0.2) is 0 Å². The number of aromatic nitrogens is 1. The Morgan fingerprint density at radius 3 is 2.73 bits per heavy atom. The number of carbonyl (C=O) groups excluding carboxylic acids is 2. The predicted molar refractivity (Wildman–Crippen MR) is 98.3 cm³/mol. The van der Waals surface area contributed by atoms with Crippen LogP contribution in [0.15, 0.2) is 59.3 Å². The summed E-state index contributed by atoms with van der Waals surface area (Å²) < 4.78 is 5.16. The molecule has 0 aliphatic carbocycles. The van der Waals surface area contributed by atoms with Gasteiger partial charge in [0, 0.05) is 22.5 Å².